The van der Waals surface area contributed by atoms with Gasteiger partial charge in [-0.2, -0.15) is 0 Å². The van der Waals surface area contributed by atoms with Crippen molar-refractivity contribution in [3.05, 3.63) is 10.1 Å². The molecule has 1 radical (unpaired) electrons. The number of rotatable bonds is 1. The van der Waals surface area contributed by atoms with Crippen LogP contribution in [0.25, 0.3) is 0 Å². The summed E-state index contributed by atoms with van der Waals surface area (Å²) in [6.07, 6.45) is -0.111. The summed E-state index contributed by atoms with van der Waals surface area (Å²) < 4.78 is 0. The van der Waals surface area contributed by atoms with Crippen LogP contribution in [0.5, 0.6) is 0 Å². The van der Waals surface area contributed by atoms with Crippen molar-refractivity contribution in [2.24, 2.45) is 0 Å². The highest BCUT2D eigenvalue weighted by Crippen LogP contribution is 1.43. The van der Waals surface area contributed by atoms with E-state index in [4.69, 9.17) is 15.5 Å². The summed E-state index contributed by atoms with van der Waals surface area (Å²) in [5, 5.41) is 16.2. The fourth-order valence-corrected chi connectivity index (χ4v) is 0. The van der Waals surface area contributed by atoms with Crippen molar-refractivity contribution in [2.75, 3.05) is 0 Å². The standard InChI is InChI=1S/CHN2O2/c2-1-3(4)5/h1H. The largest absolute Gasteiger partial charge is 0.380 e. The quantitative estimate of drug-likeness (QED) is 0.174. The second-order valence-corrected chi connectivity index (χ2v) is 0.401. The number of nitro groups is 1. The van der Waals surface area contributed by atoms with Crippen molar-refractivity contribution in [1.82, 2.24) is 5.41 Å². The van der Waals surface area contributed by atoms with Gasteiger partial charge in [0.15, 0.2) is 5.41 Å². The van der Waals surface area contributed by atoms with Gasteiger partial charge in [-0.1, -0.05) is 0 Å². The first kappa shape index (κ1) is 4.07. The van der Waals surface area contributed by atoms with E-state index in [0.717, 1.165) is 0 Å². The minimum absolute atomic E-state index is 0.111. The molecule has 0 saturated heterocycles. The third-order valence-electron chi connectivity index (χ3n) is 0.0943. The highest BCUT2D eigenvalue weighted by Gasteiger charge is 1.71. The second kappa shape index (κ2) is 1.40. The van der Waals surface area contributed by atoms with Gasteiger partial charge in [0, 0.05) is 0 Å². The molecule has 4 heteroatoms. The van der Waals surface area contributed by atoms with Gasteiger partial charge in [-0.25, -0.2) is 0 Å². The average Bonchev–Trinajstić information content (AvgIpc) is 1.38. The molecule has 0 saturated carbocycles. The average molecular weight is 73.0 g/mol. The molecular weight excluding hydrogens is 72.0 g/mol. The van der Waals surface area contributed by atoms with Gasteiger partial charge in [-0.05, 0) is 4.92 Å². The summed E-state index contributed by atoms with van der Waals surface area (Å²) in [4.78, 5) is 7.92. The molecule has 27 valence electrons. The molecule has 0 spiro atoms. The van der Waals surface area contributed by atoms with E-state index in [0.29, 0.717) is 0 Å². The molecule has 0 aromatic carbocycles. The van der Waals surface area contributed by atoms with Gasteiger partial charge in [0.2, 0.25) is 0 Å². The maximum absolute atomic E-state index is 8.87. The van der Waals surface area contributed by atoms with Crippen LogP contribution in [0.2, 0.25) is 0 Å². The van der Waals surface area contributed by atoms with Crippen LogP contribution in [0, 0.1) is 10.1 Å². The Kier molecular flexibility index (Phi) is 1.14. The zero-order chi connectivity index (χ0) is 4.28. The van der Waals surface area contributed by atoms with E-state index in [2.05, 4.69) is 0 Å². The Balaban J connectivity index is 3.20. The summed E-state index contributed by atoms with van der Waals surface area (Å²) in [6, 6.07) is 0. The van der Waals surface area contributed by atoms with Gasteiger partial charge < -0.3 is 10.1 Å². The van der Waals surface area contributed by atoms with Crippen LogP contribution in [-0.4, -0.2) is 11.3 Å². The van der Waals surface area contributed by atoms with Gasteiger partial charge >= 0.3 is 6.34 Å². The summed E-state index contributed by atoms with van der Waals surface area (Å²) in [7, 11) is 0. The first-order valence-corrected chi connectivity index (χ1v) is 0.882. The minimum Gasteiger partial charge on any atom is -0.358 e. The molecule has 0 aliphatic heterocycles. The zero-order valence-corrected chi connectivity index (χ0v) is 2.29. The van der Waals surface area contributed by atoms with E-state index in [-0.39, 0.29) is 6.34 Å². The summed E-state index contributed by atoms with van der Waals surface area (Å²) in [5.74, 6) is 0. The maximum Gasteiger partial charge on any atom is 0.380 e. The number of nitrogens with zero attached hydrogens (tertiary/aromatic N) is 2. The third kappa shape index (κ3) is 3.07. The van der Waals surface area contributed by atoms with Gasteiger partial charge in [0.05, 0.1) is 0 Å². The van der Waals surface area contributed by atoms with E-state index in [1.54, 1.807) is 0 Å². The first-order valence-electron chi connectivity index (χ1n) is 0.882. The highest BCUT2D eigenvalue weighted by atomic mass is 16.6. The zero-order valence-electron chi connectivity index (χ0n) is 2.29. The normalized spacial score (nSPS) is 6.40. The molecule has 0 unspecified atom stereocenters. The molecule has 4 nitrogen and oxygen atoms in total. The topological polar surface area (TPSA) is 65.4 Å². The van der Waals surface area contributed by atoms with Gasteiger partial charge in [0.25, 0.3) is 0 Å². The Morgan fingerprint density at radius 3 is 2.20 bits per heavy atom. The lowest BCUT2D eigenvalue weighted by atomic mass is 11.4. The molecule has 0 heterocycles. The Morgan fingerprint density at radius 1 is 2.00 bits per heavy atom. The van der Waals surface area contributed by atoms with Crippen molar-refractivity contribution in [1.29, 1.82) is 0 Å². The van der Waals surface area contributed by atoms with Crippen LogP contribution < -0.4 is 5.41 Å². The van der Waals surface area contributed by atoms with Crippen LogP contribution in [0.15, 0.2) is 0 Å². The predicted octanol–water partition coefficient (Wildman–Crippen LogP) is -0.908. The minimum atomic E-state index is -0.944. The molecule has 0 aliphatic carbocycles. The lowest BCUT2D eigenvalue weighted by molar-refractivity contribution is -0.338. The smallest absolute Gasteiger partial charge is 0.358 e. The maximum atomic E-state index is 8.87. The van der Waals surface area contributed by atoms with Crippen LogP contribution in [0.4, 0.5) is 0 Å². The molecule has 0 amide bonds. The van der Waals surface area contributed by atoms with Crippen LogP contribution in [0.1, 0.15) is 0 Å². The Morgan fingerprint density at radius 2 is 2.20 bits per heavy atom. The van der Waals surface area contributed by atoms with Crippen molar-refractivity contribution in [3.8, 4) is 0 Å². The monoisotopic (exact) mass is 73.0 g/mol. The van der Waals surface area contributed by atoms with Gasteiger partial charge in [0.1, 0.15) is 0 Å². The Labute approximate surface area is 28.1 Å². The lowest BCUT2D eigenvalue weighted by Crippen LogP contribution is -1.90. The van der Waals surface area contributed by atoms with Crippen molar-refractivity contribution in [2.45, 2.75) is 0 Å². The van der Waals surface area contributed by atoms with Crippen molar-refractivity contribution in [3.63, 3.8) is 0 Å². The van der Waals surface area contributed by atoms with Crippen LogP contribution in [-0.2, 0) is 0 Å². The van der Waals surface area contributed by atoms with E-state index in [9.17, 15) is 0 Å². The molecule has 0 bridgehead atoms. The molecule has 5 heavy (non-hydrogen) atoms. The lowest BCUT2D eigenvalue weighted by Gasteiger charge is -1.70. The fourth-order valence-electron chi connectivity index (χ4n) is 0. The fraction of sp³-hybridized carbons (Fsp3) is 0. The van der Waals surface area contributed by atoms with E-state index in [1.807, 2.05) is 0 Å². The van der Waals surface area contributed by atoms with Crippen LogP contribution >= 0.6 is 0 Å². The Hall–Kier alpha value is -0.930. The molecule has 0 N–H and O–H groups in total. The predicted molar refractivity (Wildman–Crippen MR) is 15.2 cm³/mol. The second-order valence-electron chi connectivity index (χ2n) is 0.401. The van der Waals surface area contributed by atoms with Crippen molar-refractivity contribution < 1.29 is 4.92 Å². The highest BCUT2D eigenvalue weighted by molar-refractivity contribution is 5.39. The number of hydrogen-bond donors (Lipinski definition) is 0. The summed E-state index contributed by atoms with van der Waals surface area (Å²) >= 11 is 0. The molecule has 0 rings (SSSR count). The first-order chi connectivity index (χ1) is 2.27. The van der Waals surface area contributed by atoms with Gasteiger partial charge in [-0.3, -0.25) is 0 Å². The van der Waals surface area contributed by atoms with E-state index in [1.165, 1.54) is 0 Å². The van der Waals surface area contributed by atoms with Crippen molar-refractivity contribution >= 4 is 6.34 Å². The third-order valence-corrected chi connectivity index (χ3v) is 0.0943. The number of hydrogen-bond acceptors (Lipinski definition) is 2. The SMILES string of the molecule is [N]=C[N+](=O)[O-]. The van der Waals surface area contributed by atoms with Crippen LogP contribution in [0.3, 0.4) is 0 Å². The van der Waals surface area contributed by atoms with Gasteiger partial charge in [-0.15, -0.1) is 0 Å². The molecular formula is CHN2O2. The molecule has 0 atom stereocenters. The molecule has 0 aliphatic rings. The summed E-state index contributed by atoms with van der Waals surface area (Å²) in [5.41, 5.74) is 0. The van der Waals surface area contributed by atoms with E-state index < -0.39 is 4.92 Å². The van der Waals surface area contributed by atoms with E-state index >= 15 is 0 Å². The molecule has 0 aromatic rings. The summed E-state index contributed by atoms with van der Waals surface area (Å²) in [6.45, 7) is 0. The molecule has 0 fully saturated rings. The Bertz CT molecular complexity index is 58.7. The molecule has 0 aromatic heterocycles.